The van der Waals surface area contributed by atoms with E-state index in [1.807, 2.05) is 44.2 Å². The maximum Gasteiger partial charge on any atom is 0.207 e. The van der Waals surface area contributed by atoms with Gasteiger partial charge in [0.25, 0.3) is 0 Å². The van der Waals surface area contributed by atoms with Crippen molar-refractivity contribution in [1.29, 1.82) is 0 Å². The Morgan fingerprint density at radius 3 is 2.89 bits per heavy atom. The molecule has 1 saturated heterocycles. The van der Waals surface area contributed by atoms with E-state index in [-0.39, 0.29) is 6.04 Å². The molecule has 5 heterocycles. The molecule has 0 saturated carbocycles. The Kier molecular flexibility index (Phi) is 5.98. The van der Waals surface area contributed by atoms with Gasteiger partial charge in [0.2, 0.25) is 5.95 Å². The van der Waals surface area contributed by atoms with Gasteiger partial charge in [-0.2, -0.15) is 0 Å². The van der Waals surface area contributed by atoms with E-state index >= 15 is 0 Å². The maximum absolute atomic E-state index is 10.8. The van der Waals surface area contributed by atoms with Crippen molar-refractivity contribution >= 4 is 28.2 Å². The van der Waals surface area contributed by atoms with Crippen LogP contribution >= 0.6 is 0 Å². The zero-order chi connectivity index (χ0) is 24.8. The van der Waals surface area contributed by atoms with Crippen molar-refractivity contribution in [2.75, 3.05) is 31.1 Å². The number of aryl methyl sites for hydroxylation is 2. The molecule has 0 bridgehead atoms. The molecule has 10 nitrogen and oxygen atoms in total. The number of nitrogens with one attached hydrogen (secondary N) is 1. The van der Waals surface area contributed by atoms with E-state index in [4.69, 9.17) is 14.2 Å². The minimum atomic E-state index is -2.23. The van der Waals surface area contributed by atoms with Crippen LogP contribution in [0.5, 0.6) is 5.75 Å². The molecule has 0 radical (unpaired) electrons. The Labute approximate surface area is 211 Å². The van der Waals surface area contributed by atoms with Crippen LogP contribution in [0.25, 0.3) is 22.2 Å². The fraction of sp³-hybridized carbons (Fsp3) is 0.400. The first-order chi connectivity index (χ1) is 17.5. The number of imidazole rings is 1. The van der Waals surface area contributed by atoms with Crippen LogP contribution < -0.4 is 14.4 Å². The average molecular weight is 508 g/mol. The maximum atomic E-state index is 10.8. The number of hydrogen-bond acceptors (Lipinski definition) is 8. The first kappa shape index (κ1) is 23.1. The zero-order valence-electron chi connectivity index (χ0n) is 20.1. The average Bonchev–Trinajstić information content (AvgIpc) is 3.58. The van der Waals surface area contributed by atoms with E-state index in [0.717, 1.165) is 76.9 Å². The molecule has 1 unspecified atom stereocenters. The molecule has 2 aliphatic heterocycles. The van der Waals surface area contributed by atoms with Crippen LogP contribution in [0.4, 0.5) is 5.95 Å². The van der Waals surface area contributed by atoms with Gasteiger partial charge in [-0.1, -0.05) is 11.2 Å². The molecule has 2 aliphatic rings. The van der Waals surface area contributed by atoms with Crippen LogP contribution in [-0.2, 0) is 11.3 Å². The van der Waals surface area contributed by atoms with Gasteiger partial charge in [0.1, 0.15) is 23.9 Å². The second-order valence-corrected chi connectivity index (χ2v) is 10.1. The Morgan fingerprint density at radius 1 is 1.25 bits per heavy atom. The number of anilines is 1. The van der Waals surface area contributed by atoms with Crippen molar-refractivity contribution in [2.24, 2.45) is 5.92 Å². The summed E-state index contributed by atoms with van der Waals surface area (Å²) in [6, 6.07) is 9.87. The quantitative estimate of drug-likeness (QED) is 0.378. The number of benzene rings is 1. The van der Waals surface area contributed by atoms with E-state index in [0.29, 0.717) is 19.1 Å². The Bertz CT molecular complexity index is 1420. The van der Waals surface area contributed by atoms with Gasteiger partial charge < -0.3 is 18.7 Å². The highest BCUT2D eigenvalue weighted by Crippen LogP contribution is 2.46. The van der Waals surface area contributed by atoms with Crippen LogP contribution in [0.1, 0.15) is 36.0 Å². The van der Waals surface area contributed by atoms with Gasteiger partial charge in [-0.25, -0.2) is 9.71 Å². The van der Waals surface area contributed by atoms with Crippen molar-refractivity contribution in [3.8, 4) is 16.9 Å². The second-order valence-electron chi connectivity index (χ2n) is 9.39. The SMILES string of the molecule is Cc1noc(C)c1-c1ccc2nc(N3CC[C@H](CCNS(=O)[O-])C3)n3c2c1OC[C@@H]3c1ccccn1. The number of hydrogen-bond donors (Lipinski definition) is 1. The van der Waals surface area contributed by atoms with Crippen LogP contribution in [0.3, 0.4) is 0 Å². The summed E-state index contributed by atoms with van der Waals surface area (Å²) in [5.41, 5.74) is 5.44. The van der Waals surface area contributed by atoms with E-state index in [9.17, 15) is 8.76 Å². The van der Waals surface area contributed by atoms with Gasteiger partial charge in [-0.3, -0.25) is 13.8 Å². The highest BCUT2D eigenvalue weighted by atomic mass is 32.2. The highest BCUT2D eigenvalue weighted by Gasteiger charge is 2.35. The van der Waals surface area contributed by atoms with Crippen molar-refractivity contribution in [3.05, 3.63) is 53.7 Å². The van der Waals surface area contributed by atoms with E-state index in [1.165, 1.54) is 0 Å². The molecule has 4 aromatic rings. The van der Waals surface area contributed by atoms with Crippen LogP contribution in [0.2, 0.25) is 0 Å². The summed E-state index contributed by atoms with van der Waals surface area (Å²) in [5.74, 6) is 2.81. The second kappa shape index (κ2) is 9.30. The summed E-state index contributed by atoms with van der Waals surface area (Å²) in [6.07, 6.45) is 3.58. The monoisotopic (exact) mass is 507 g/mol. The molecule has 1 N–H and O–H groups in total. The van der Waals surface area contributed by atoms with Crippen LogP contribution in [-0.4, -0.2) is 54.7 Å². The molecule has 0 amide bonds. The summed E-state index contributed by atoms with van der Waals surface area (Å²) >= 11 is -2.23. The van der Waals surface area contributed by atoms with Crippen molar-refractivity contribution in [2.45, 2.75) is 32.7 Å². The number of ether oxygens (including phenoxy) is 1. The lowest BCUT2D eigenvalue weighted by molar-refractivity contribution is 0.258. The summed E-state index contributed by atoms with van der Waals surface area (Å²) in [5, 5.41) is 4.15. The predicted octanol–water partition coefficient (Wildman–Crippen LogP) is 3.29. The van der Waals surface area contributed by atoms with Gasteiger partial charge in [0.05, 0.1) is 22.5 Å². The summed E-state index contributed by atoms with van der Waals surface area (Å²) in [6.45, 7) is 6.40. The fourth-order valence-corrected chi connectivity index (χ4v) is 5.78. The highest BCUT2D eigenvalue weighted by molar-refractivity contribution is 7.77. The molecular weight excluding hydrogens is 480 g/mol. The van der Waals surface area contributed by atoms with Gasteiger partial charge in [-0.05, 0) is 56.9 Å². The molecule has 188 valence electrons. The molecule has 11 heteroatoms. The van der Waals surface area contributed by atoms with Gasteiger partial charge in [0, 0.05) is 42.7 Å². The van der Waals surface area contributed by atoms with Gasteiger partial charge in [0.15, 0.2) is 5.75 Å². The molecule has 1 aromatic carbocycles. The number of pyridine rings is 1. The standard InChI is InChI=1S/C25H28N6O4S/c1-15-22(16(2)35-29-15)18-6-7-20-23-24(18)34-14-21(19-5-3-4-10-26-19)31(23)25(28-20)30-12-9-17(13-30)8-11-27-36(32)33/h3-7,10,17,21,27H,8-9,11-14H2,1-2H3,(H,32,33)/p-1/t17-,21+/m0/s1. The largest absolute Gasteiger partial charge is 0.760 e. The minimum Gasteiger partial charge on any atom is -0.760 e. The van der Waals surface area contributed by atoms with E-state index in [1.54, 1.807) is 6.20 Å². The third-order valence-electron chi connectivity index (χ3n) is 7.16. The lowest BCUT2D eigenvalue weighted by Gasteiger charge is -2.30. The van der Waals surface area contributed by atoms with E-state index < -0.39 is 11.3 Å². The summed E-state index contributed by atoms with van der Waals surface area (Å²) in [7, 11) is 0. The third-order valence-corrected chi connectivity index (χ3v) is 7.60. The molecule has 0 spiro atoms. The topological polar surface area (TPSA) is 121 Å². The molecule has 3 atom stereocenters. The lowest BCUT2D eigenvalue weighted by atomic mass is 10.0. The number of rotatable bonds is 7. The predicted molar refractivity (Wildman–Crippen MR) is 134 cm³/mol. The first-order valence-electron chi connectivity index (χ1n) is 12.1. The van der Waals surface area contributed by atoms with Crippen molar-refractivity contribution < 1.29 is 18.0 Å². The molecule has 36 heavy (non-hydrogen) atoms. The molecular formula is C25H27N6O4S-. The zero-order valence-corrected chi connectivity index (χ0v) is 21.0. The first-order valence-corrected chi connectivity index (χ1v) is 13.2. The lowest BCUT2D eigenvalue weighted by Crippen LogP contribution is -2.30. The Balaban J connectivity index is 1.45. The number of aromatic nitrogens is 4. The minimum absolute atomic E-state index is 0.123. The molecule has 3 aromatic heterocycles. The number of nitrogens with zero attached hydrogens (tertiary/aromatic N) is 5. The Morgan fingerprint density at radius 2 is 2.14 bits per heavy atom. The molecule has 0 aliphatic carbocycles. The molecule has 6 rings (SSSR count). The molecule has 1 fully saturated rings. The van der Waals surface area contributed by atoms with E-state index in [2.05, 4.69) is 24.3 Å². The summed E-state index contributed by atoms with van der Waals surface area (Å²) < 4.78 is 38.3. The van der Waals surface area contributed by atoms with Crippen molar-refractivity contribution in [3.63, 3.8) is 0 Å². The van der Waals surface area contributed by atoms with Crippen LogP contribution in [0.15, 0.2) is 41.1 Å². The normalized spacial score (nSPS) is 20.1. The van der Waals surface area contributed by atoms with Gasteiger partial charge >= 0.3 is 0 Å². The third kappa shape index (κ3) is 3.97. The smallest absolute Gasteiger partial charge is 0.207 e. The Hall–Kier alpha value is -3.28. The van der Waals surface area contributed by atoms with Gasteiger partial charge in [-0.15, -0.1) is 0 Å². The van der Waals surface area contributed by atoms with Crippen LogP contribution in [0, 0.1) is 19.8 Å². The summed E-state index contributed by atoms with van der Waals surface area (Å²) in [4.78, 5) is 12.0. The van der Waals surface area contributed by atoms with Crippen molar-refractivity contribution in [1.82, 2.24) is 24.4 Å². The fourth-order valence-electron chi connectivity index (χ4n) is 5.50.